The lowest BCUT2D eigenvalue weighted by Gasteiger charge is -2.11. The average Bonchev–Trinajstić information content (AvgIpc) is 2.75. The van der Waals surface area contributed by atoms with Crippen molar-refractivity contribution in [1.29, 1.82) is 0 Å². The van der Waals surface area contributed by atoms with Gasteiger partial charge in [0.2, 0.25) is 0 Å². The fourth-order valence-corrected chi connectivity index (χ4v) is 2.64. The molecule has 2 aromatic rings. The Morgan fingerprint density at radius 3 is 2.41 bits per heavy atom. The first-order valence-electron chi connectivity index (χ1n) is 4.99. The van der Waals surface area contributed by atoms with Crippen LogP contribution in [0.5, 0.6) is 11.5 Å². The van der Waals surface area contributed by atoms with Gasteiger partial charge in [-0.2, -0.15) is 0 Å². The van der Waals surface area contributed by atoms with Crippen LogP contribution in [0.3, 0.4) is 0 Å². The third-order valence-corrected chi connectivity index (χ3v) is 3.83. The standard InChI is InChI=1S/C12H12BrNO2S/c1-7-4-11(16-3)8(5-10(7)15-2)9-6-17-12(13)14-9/h4-6H,1-3H3. The molecule has 0 amide bonds. The second kappa shape index (κ2) is 5.06. The van der Waals surface area contributed by atoms with Gasteiger partial charge in [0, 0.05) is 10.9 Å². The maximum atomic E-state index is 5.38. The van der Waals surface area contributed by atoms with Gasteiger partial charge in [-0.05, 0) is 40.5 Å². The Kier molecular flexibility index (Phi) is 3.69. The molecule has 0 saturated carbocycles. The maximum absolute atomic E-state index is 5.38. The molecule has 90 valence electrons. The predicted molar refractivity (Wildman–Crippen MR) is 73.1 cm³/mol. The normalized spacial score (nSPS) is 10.4. The highest BCUT2D eigenvalue weighted by Crippen LogP contribution is 2.36. The highest BCUT2D eigenvalue weighted by Gasteiger charge is 2.12. The first-order chi connectivity index (χ1) is 8.15. The summed E-state index contributed by atoms with van der Waals surface area (Å²) in [6.07, 6.45) is 0. The zero-order valence-corrected chi connectivity index (χ0v) is 12.2. The smallest absolute Gasteiger partial charge is 0.159 e. The van der Waals surface area contributed by atoms with Crippen molar-refractivity contribution in [2.45, 2.75) is 6.92 Å². The van der Waals surface area contributed by atoms with E-state index in [4.69, 9.17) is 9.47 Å². The van der Waals surface area contributed by atoms with Crippen molar-refractivity contribution in [2.24, 2.45) is 0 Å². The summed E-state index contributed by atoms with van der Waals surface area (Å²) in [7, 11) is 3.32. The van der Waals surface area contributed by atoms with Crippen LogP contribution >= 0.6 is 27.3 Å². The molecule has 0 aliphatic heterocycles. The first kappa shape index (κ1) is 12.4. The summed E-state index contributed by atoms with van der Waals surface area (Å²) >= 11 is 4.91. The number of thiazole rings is 1. The van der Waals surface area contributed by atoms with Crippen molar-refractivity contribution in [1.82, 2.24) is 4.98 Å². The molecule has 0 saturated heterocycles. The third kappa shape index (κ3) is 2.45. The summed E-state index contributed by atoms with van der Waals surface area (Å²) in [5.74, 6) is 1.64. The number of methoxy groups -OCH3 is 2. The minimum atomic E-state index is 0.807. The van der Waals surface area contributed by atoms with E-state index in [1.807, 2.05) is 24.4 Å². The molecule has 0 atom stereocenters. The monoisotopic (exact) mass is 313 g/mol. The molecule has 0 aliphatic carbocycles. The van der Waals surface area contributed by atoms with E-state index in [2.05, 4.69) is 20.9 Å². The van der Waals surface area contributed by atoms with Crippen LogP contribution in [0, 0.1) is 6.92 Å². The quantitative estimate of drug-likeness (QED) is 0.861. The molecule has 0 bridgehead atoms. The fourth-order valence-electron chi connectivity index (χ4n) is 1.63. The number of aromatic nitrogens is 1. The fraction of sp³-hybridized carbons (Fsp3) is 0.250. The summed E-state index contributed by atoms with van der Waals surface area (Å²) in [6.45, 7) is 1.99. The highest BCUT2D eigenvalue weighted by molar-refractivity contribution is 9.11. The lowest BCUT2D eigenvalue weighted by atomic mass is 10.1. The largest absolute Gasteiger partial charge is 0.496 e. The molecule has 0 radical (unpaired) electrons. The van der Waals surface area contributed by atoms with E-state index >= 15 is 0 Å². The second-order valence-electron chi connectivity index (χ2n) is 3.51. The van der Waals surface area contributed by atoms with Crippen LogP contribution < -0.4 is 9.47 Å². The predicted octanol–water partition coefficient (Wildman–Crippen LogP) is 3.90. The van der Waals surface area contributed by atoms with Crippen molar-refractivity contribution in [3.8, 4) is 22.8 Å². The molecular formula is C12H12BrNO2S. The van der Waals surface area contributed by atoms with Crippen molar-refractivity contribution >= 4 is 27.3 Å². The SMILES string of the molecule is COc1cc(-c2csc(Br)n2)c(OC)cc1C. The van der Waals surface area contributed by atoms with Gasteiger partial charge in [0.15, 0.2) is 3.92 Å². The zero-order valence-electron chi connectivity index (χ0n) is 9.78. The van der Waals surface area contributed by atoms with Gasteiger partial charge < -0.3 is 9.47 Å². The molecule has 3 nitrogen and oxygen atoms in total. The molecular weight excluding hydrogens is 302 g/mol. The number of benzene rings is 1. The second-order valence-corrected chi connectivity index (χ2v) is 5.64. The Morgan fingerprint density at radius 1 is 1.18 bits per heavy atom. The van der Waals surface area contributed by atoms with Crippen molar-refractivity contribution in [3.05, 3.63) is 27.0 Å². The van der Waals surface area contributed by atoms with Crippen LogP contribution in [0.25, 0.3) is 11.3 Å². The van der Waals surface area contributed by atoms with Gasteiger partial charge in [0.25, 0.3) is 0 Å². The van der Waals surface area contributed by atoms with Crippen molar-refractivity contribution < 1.29 is 9.47 Å². The van der Waals surface area contributed by atoms with Crippen LogP contribution in [-0.4, -0.2) is 19.2 Å². The van der Waals surface area contributed by atoms with Crippen LogP contribution in [0.4, 0.5) is 0 Å². The van der Waals surface area contributed by atoms with Crippen molar-refractivity contribution in [3.63, 3.8) is 0 Å². The van der Waals surface area contributed by atoms with Gasteiger partial charge in [0.05, 0.1) is 19.9 Å². The molecule has 5 heteroatoms. The first-order valence-corrected chi connectivity index (χ1v) is 6.67. The third-order valence-electron chi connectivity index (χ3n) is 2.47. The van der Waals surface area contributed by atoms with Gasteiger partial charge in [-0.3, -0.25) is 0 Å². The van der Waals surface area contributed by atoms with Crippen molar-refractivity contribution in [2.75, 3.05) is 14.2 Å². The lowest BCUT2D eigenvalue weighted by Crippen LogP contribution is -1.93. The summed E-state index contributed by atoms with van der Waals surface area (Å²) in [4.78, 5) is 4.39. The molecule has 17 heavy (non-hydrogen) atoms. The average molecular weight is 314 g/mol. The molecule has 1 aromatic heterocycles. The topological polar surface area (TPSA) is 31.4 Å². The molecule has 1 heterocycles. The van der Waals surface area contributed by atoms with E-state index in [0.717, 1.165) is 32.2 Å². The van der Waals surface area contributed by atoms with Crippen LogP contribution in [-0.2, 0) is 0 Å². The maximum Gasteiger partial charge on any atom is 0.159 e. The van der Waals surface area contributed by atoms with Gasteiger partial charge in [0.1, 0.15) is 11.5 Å². The Labute approximate surface area is 113 Å². The number of hydrogen-bond donors (Lipinski definition) is 0. The molecule has 0 spiro atoms. The molecule has 0 fully saturated rings. The number of aryl methyl sites for hydroxylation is 1. The molecule has 0 unspecified atom stereocenters. The number of halogens is 1. The van der Waals surface area contributed by atoms with Gasteiger partial charge in [-0.25, -0.2) is 4.98 Å². The van der Waals surface area contributed by atoms with Crippen LogP contribution in [0.1, 0.15) is 5.56 Å². The van der Waals surface area contributed by atoms with E-state index in [1.165, 1.54) is 0 Å². The molecule has 0 aliphatic rings. The Bertz CT molecular complexity index is 539. The number of ether oxygens (including phenoxy) is 2. The number of nitrogens with zero attached hydrogens (tertiary/aromatic N) is 1. The lowest BCUT2D eigenvalue weighted by molar-refractivity contribution is 0.401. The number of hydrogen-bond acceptors (Lipinski definition) is 4. The Hall–Kier alpha value is -1.07. The highest BCUT2D eigenvalue weighted by atomic mass is 79.9. The van der Waals surface area contributed by atoms with E-state index in [0.29, 0.717) is 0 Å². The van der Waals surface area contributed by atoms with E-state index in [-0.39, 0.29) is 0 Å². The van der Waals surface area contributed by atoms with Crippen LogP contribution in [0.15, 0.2) is 21.4 Å². The minimum Gasteiger partial charge on any atom is -0.496 e. The summed E-state index contributed by atoms with van der Waals surface area (Å²) in [5.41, 5.74) is 2.87. The van der Waals surface area contributed by atoms with E-state index < -0.39 is 0 Å². The van der Waals surface area contributed by atoms with E-state index in [1.54, 1.807) is 25.6 Å². The van der Waals surface area contributed by atoms with Gasteiger partial charge in [-0.1, -0.05) is 0 Å². The summed E-state index contributed by atoms with van der Waals surface area (Å²) < 4.78 is 11.6. The van der Waals surface area contributed by atoms with Crippen LogP contribution in [0.2, 0.25) is 0 Å². The molecule has 0 N–H and O–H groups in total. The van der Waals surface area contributed by atoms with E-state index in [9.17, 15) is 0 Å². The van der Waals surface area contributed by atoms with Gasteiger partial charge >= 0.3 is 0 Å². The summed E-state index contributed by atoms with van der Waals surface area (Å²) in [6, 6.07) is 3.91. The summed E-state index contributed by atoms with van der Waals surface area (Å²) in [5, 5.41) is 1.98. The Morgan fingerprint density at radius 2 is 1.88 bits per heavy atom. The minimum absolute atomic E-state index is 0.807. The molecule has 2 rings (SSSR count). The molecule has 1 aromatic carbocycles. The zero-order chi connectivity index (χ0) is 12.4. The Balaban J connectivity index is 2.58. The van der Waals surface area contributed by atoms with Gasteiger partial charge in [-0.15, -0.1) is 11.3 Å². The number of rotatable bonds is 3.